The summed E-state index contributed by atoms with van der Waals surface area (Å²) in [6, 6.07) is 0.989. The van der Waals surface area contributed by atoms with Gasteiger partial charge in [-0.1, -0.05) is 19.8 Å². The van der Waals surface area contributed by atoms with E-state index in [0.717, 1.165) is 12.8 Å². The van der Waals surface area contributed by atoms with Gasteiger partial charge in [0.2, 0.25) is 0 Å². The highest BCUT2D eigenvalue weighted by Crippen LogP contribution is 2.26. The maximum absolute atomic E-state index is 12.3. The second-order valence-corrected chi connectivity index (χ2v) is 6.20. The summed E-state index contributed by atoms with van der Waals surface area (Å²) in [5.41, 5.74) is 0. The number of piperidine rings is 1. The standard InChI is InChI=1S/C14H25F3N2/c1-11-4-2-3-5-13(11)18-12-6-8-19(9-7-12)10-14(15,16)17/h11-13,18H,2-10H2,1H3. The minimum absolute atomic E-state index is 0.412. The van der Waals surface area contributed by atoms with Crippen LogP contribution in [0.15, 0.2) is 0 Å². The van der Waals surface area contributed by atoms with Gasteiger partial charge in [0.05, 0.1) is 6.54 Å². The zero-order valence-corrected chi connectivity index (χ0v) is 11.7. The Balaban J connectivity index is 1.71. The Labute approximate surface area is 113 Å². The van der Waals surface area contributed by atoms with Gasteiger partial charge in [-0.25, -0.2) is 0 Å². The molecule has 0 bridgehead atoms. The first-order valence-electron chi connectivity index (χ1n) is 7.49. The van der Waals surface area contributed by atoms with Gasteiger partial charge >= 0.3 is 6.18 Å². The first-order valence-corrected chi connectivity index (χ1v) is 7.49. The summed E-state index contributed by atoms with van der Waals surface area (Å²) in [6.45, 7) is 2.67. The number of alkyl halides is 3. The minimum atomic E-state index is -4.06. The van der Waals surface area contributed by atoms with Crippen LogP contribution in [0.1, 0.15) is 45.4 Å². The molecule has 1 N–H and O–H groups in total. The first-order chi connectivity index (χ1) is 8.94. The van der Waals surface area contributed by atoms with Crippen molar-refractivity contribution in [3.05, 3.63) is 0 Å². The average Bonchev–Trinajstić information content (AvgIpc) is 2.33. The van der Waals surface area contributed by atoms with Gasteiger partial charge in [0, 0.05) is 12.1 Å². The fourth-order valence-electron chi connectivity index (χ4n) is 3.38. The molecular weight excluding hydrogens is 253 g/mol. The minimum Gasteiger partial charge on any atom is -0.311 e. The third-order valence-corrected chi connectivity index (χ3v) is 4.55. The molecule has 1 aliphatic carbocycles. The third kappa shape index (κ3) is 4.95. The third-order valence-electron chi connectivity index (χ3n) is 4.55. The highest BCUT2D eigenvalue weighted by molar-refractivity contribution is 4.85. The van der Waals surface area contributed by atoms with Gasteiger partial charge in [-0.3, -0.25) is 4.90 Å². The lowest BCUT2D eigenvalue weighted by molar-refractivity contribution is -0.148. The molecule has 0 radical (unpaired) electrons. The van der Waals surface area contributed by atoms with Crippen LogP contribution >= 0.6 is 0 Å². The molecule has 0 aromatic heterocycles. The molecule has 2 atom stereocenters. The lowest BCUT2D eigenvalue weighted by Crippen LogP contribution is -2.50. The summed E-state index contributed by atoms with van der Waals surface area (Å²) >= 11 is 0. The predicted octanol–water partition coefficient (Wildman–Crippen LogP) is 3.18. The van der Waals surface area contributed by atoms with Crippen LogP contribution in [0, 0.1) is 5.92 Å². The molecule has 2 rings (SSSR count). The number of hydrogen-bond donors (Lipinski definition) is 1. The van der Waals surface area contributed by atoms with Crippen LogP contribution in [0.2, 0.25) is 0 Å². The number of nitrogens with one attached hydrogen (secondary N) is 1. The zero-order chi connectivity index (χ0) is 13.9. The molecule has 2 unspecified atom stereocenters. The van der Waals surface area contributed by atoms with Crippen molar-refractivity contribution in [3.8, 4) is 0 Å². The van der Waals surface area contributed by atoms with Crippen LogP contribution in [0.25, 0.3) is 0 Å². The van der Waals surface area contributed by atoms with Crippen molar-refractivity contribution in [2.24, 2.45) is 5.92 Å². The Morgan fingerprint density at radius 2 is 1.68 bits per heavy atom. The molecule has 1 heterocycles. The maximum Gasteiger partial charge on any atom is 0.401 e. The molecule has 1 saturated carbocycles. The van der Waals surface area contributed by atoms with Gasteiger partial charge < -0.3 is 5.32 Å². The Kier molecular flexibility index (Phi) is 5.12. The van der Waals surface area contributed by atoms with Crippen LogP contribution in [0.5, 0.6) is 0 Å². The van der Waals surface area contributed by atoms with Crippen molar-refractivity contribution < 1.29 is 13.2 Å². The lowest BCUT2D eigenvalue weighted by atomic mass is 9.85. The van der Waals surface area contributed by atoms with Crippen molar-refractivity contribution in [2.75, 3.05) is 19.6 Å². The fourth-order valence-corrected chi connectivity index (χ4v) is 3.38. The Hall–Kier alpha value is -0.290. The summed E-state index contributed by atoms with van der Waals surface area (Å²) in [5.74, 6) is 0.710. The van der Waals surface area contributed by atoms with E-state index in [1.165, 1.54) is 30.6 Å². The molecular formula is C14H25F3N2. The molecule has 0 aromatic carbocycles. The van der Waals surface area contributed by atoms with Crippen molar-refractivity contribution in [1.29, 1.82) is 0 Å². The van der Waals surface area contributed by atoms with Gasteiger partial charge in [0.1, 0.15) is 0 Å². The predicted molar refractivity (Wildman–Crippen MR) is 70.1 cm³/mol. The highest BCUT2D eigenvalue weighted by atomic mass is 19.4. The summed E-state index contributed by atoms with van der Waals surface area (Å²) in [6.07, 6.45) is 2.75. The van der Waals surface area contributed by atoms with Crippen LogP contribution in [0.4, 0.5) is 13.2 Å². The van der Waals surface area contributed by atoms with Crippen LogP contribution < -0.4 is 5.32 Å². The van der Waals surface area contributed by atoms with Gasteiger partial charge in [0.25, 0.3) is 0 Å². The summed E-state index contributed by atoms with van der Waals surface area (Å²) in [7, 11) is 0. The SMILES string of the molecule is CC1CCCCC1NC1CCN(CC(F)(F)F)CC1. The van der Waals surface area contributed by atoms with Gasteiger partial charge in [-0.15, -0.1) is 0 Å². The van der Waals surface area contributed by atoms with E-state index >= 15 is 0 Å². The average molecular weight is 278 g/mol. The number of halogens is 3. The monoisotopic (exact) mass is 278 g/mol. The number of rotatable bonds is 3. The zero-order valence-electron chi connectivity index (χ0n) is 11.7. The van der Waals surface area contributed by atoms with Gasteiger partial charge in [-0.05, 0) is 44.7 Å². The van der Waals surface area contributed by atoms with Crippen molar-refractivity contribution in [1.82, 2.24) is 10.2 Å². The quantitative estimate of drug-likeness (QED) is 0.853. The molecule has 112 valence electrons. The number of nitrogens with zero attached hydrogens (tertiary/aromatic N) is 1. The van der Waals surface area contributed by atoms with Crippen LogP contribution in [0.3, 0.4) is 0 Å². The van der Waals surface area contributed by atoms with E-state index in [0.29, 0.717) is 31.1 Å². The first kappa shape index (κ1) is 15.1. The molecule has 0 spiro atoms. The van der Waals surface area contributed by atoms with E-state index in [9.17, 15) is 13.2 Å². The molecule has 19 heavy (non-hydrogen) atoms. The van der Waals surface area contributed by atoms with Gasteiger partial charge in [-0.2, -0.15) is 13.2 Å². The molecule has 1 aliphatic heterocycles. The van der Waals surface area contributed by atoms with Crippen molar-refractivity contribution in [2.45, 2.75) is 63.7 Å². The summed E-state index contributed by atoms with van der Waals surface area (Å²) in [5, 5.41) is 3.68. The fraction of sp³-hybridized carbons (Fsp3) is 1.00. The molecule has 0 amide bonds. The van der Waals surface area contributed by atoms with E-state index < -0.39 is 12.7 Å². The second-order valence-electron chi connectivity index (χ2n) is 6.20. The molecule has 2 aliphatic rings. The van der Waals surface area contributed by atoms with Crippen molar-refractivity contribution >= 4 is 0 Å². The Morgan fingerprint density at radius 3 is 2.26 bits per heavy atom. The van der Waals surface area contributed by atoms with Crippen LogP contribution in [-0.2, 0) is 0 Å². The maximum atomic E-state index is 12.3. The topological polar surface area (TPSA) is 15.3 Å². The normalized spacial score (nSPS) is 31.6. The number of hydrogen-bond acceptors (Lipinski definition) is 2. The Morgan fingerprint density at radius 1 is 1.05 bits per heavy atom. The second kappa shape index (κ2) is 6.44. The van der Waals surface area contributed by atoms with Crippen LogP contribution in [-0.4, -0.2) is 42.8 Å². The number of likely N-dealkylation sites (tertiary alicyclic amines) is 1. The van der Waals surface area contributed by atoms with E-state index in [2.05, 4.69) is 12.2 Å². The van der Waals surface area contributed by atoms with E-state index in [1.807, 2.05) is 0 Å². The smallest absolute Gasteiger partial charge is 0.311 e. The van der Waals surface area contributed by atoms with Crippen molar-refractivity contribution in [3.63, 3.8) is 0 Å². The van der Waals surface area contributed by atoms with E-state index in [1.54, 1.807) is 0 Å². The summed E-state index contributed by atoms with van der Waals surface area (Å²) in [4.78, 5) is 1.53. The molecule has 2 nitrogen and oxygen atoms in total. The largest absolute Gasteiger partial charge is 0.401 e. The van der Waals surface area contributed by atoms with Gasteiger partial charge in [0.15, 0.2) is 0 Å². The molecule has 0 aromatic rings. The van der Waals surface area contributed by atoms with E-state index in [4.69, 9.17) is 0 Å². The van der Waals surface area contributed by atoms with E-state index in [-0.39, 0.29) is 0 Å². The molecule has 1 saturated heterocycles. The molecule has 5 heteroatoms. The lowest BCUT2D eigenvalue weighted by Gasteiger charge is -2.37. The Bertz CT molecular complexity index is 272. The highest BCUT2D eigenvalue weighted by Gasteiger charge is 2.33. The molecule has 2 fully saturated rings. The summed E-state index contributed by atoms with van der Waals surface area (Å²) < 4.78 is 36.9.